The molecule has 61 heavy (non-hydrogen) atoms. The minimum Gasteiger partial charge on any atom is -0.309 e. The molecule has 0 amide bonds. The summed E-state index contributed by atoms with van der Waals surface area (Å²) in [6.07, 6.45) is 0. The smallest absolute Gasteiger partial charge is 0.266 e. The molecule has 0 radical (unpaired) electrons. The lowest BCUT2D eigenvalue weighted by Gasteiger charge is -2.17. The van der Waals surface area contributed by atoms with Gasteiger partial charge in [0.2, 0.25) is 0 Å². The summed E-state index contributed by atoms with van der Waals surface area (Å²) in [6, 6.07) is 76.0. The lowest BCUT2D eigenvalue weighted by molar-refractivity contribution is 0.976. The Balaban J connectivity index is 1.14. The first-order valence-corrected chi connectivity index (χ1v) is 20.6. The van der Waals surface area contributed by atoms with Gasteiger partial charge < -0.3 is 9.13 Å². The van der Waals surface area contributed by atoms with E-state index < -0.39 is 0 Å². The highest BCUT2D eigenvalue weighted by Crippen LogP contribution is 2.40. The SMILES string of the molecule is O=c1c2ccccc2nc(-c2cc(-c3ccc4c(c3)c3ccccc3n4-c3ccccc3)cc(-c3ccc4c5ccccc5n(-c5ccccc5)c4c3)c2)n1-c1ccccc1. The van der Waals surface area contributed by atoms with Gasteiger partial charge >= 0.3 is 0 Å². The monoisotopic (exact) mass is 780 g/mol. The Kier molecular flexibility index (Phi) is 7.93. The lowest BCUT2D eigenvalue weighted by Crippen LogP contribution is -2.22. The number of benzene rings is 9. The van der Waals surface area contributed by atoms with Gasteiger partial charge in [0.25, 0.3) is 5.56 Å². The quantitative estimate of drug-likeness (QED) is 0.169. The zero-order chi connectivity index (χ0) is 40.4. The van der Waals surface area contributed by atoms with E-state index in [9.17, 15) is 4.79 Å². The van der Waals surface area contributed by atoms with E-state index in [-0.39, 0.29) is 5.56 Å². The van der Waals surface area contributed by atoms with E-state index in [1.807, 2.05) is 54.6 Å². The summed E-state index contributed by atoms with van der Waals surface area (Å²) < 4.78 is 6.46. The third kappa shape index (κ3) is 5.63. The van der Waals surface area contributed by atoms with E-state index in [2.05, 4.69) is 173 Å². The van der Waals surface area contributed by atoms with E-state index in [0.717, 1.165) is 66.9 Å². The first-order chi connectivity index (χ1) is 30.2. The fourth-order valence-electron chi connectivity index (χ4n) is 9.25. The maximum atomic E-state index is 14.5. The number of para-hydroxylation sites is 6. The van der Waals surface area contributed by atoms with E-state index in [0.29, 0.717) is 16.7 Å². The Morgan fingerprint density at radius 1 is 0.295 bits per heavy atom. The van der Waals surface area contributed by atoms with Crippen LogP contribution in [0.1, 0.15) is 0 Å². The Labute approximate surface area is 351 Å². The van der Waals surface area contributed by atoms with Gasteiger partial charge in [-0.25, -0.2) is 4.98 Å². The lowest BCUT2D eigenvalue weighted by atomic mass is 9.94. The molecule has 0 aliphatic heterocycles. The molecule has 3 heterocycles. The molecule has 3 aromatic heterocycles. The minimum absolute atomic E-state index is 0.109. The summed E-state index contributed by atoms with van der Waals surface area (Å²) in [6.45, 7) is 0. The van der Waals surface area contributed by atoms with E-state index in [1.165, 1.54) is 21.5 Å². The van der Waals surface area contributed by atoms with Gasteiger partial charge in [-0.2, -0.15) is 0 Å². The molecule has 286 valence electrons. The molecule has 0 spiro atoms. The normalized spacial score (nSPS) is 11.7. The topological polar surface area (TPSA) is 44.8 Å². The van der Waals surface area contributed by atoms with Gasteiger partial charge in [-0.15, -0.1) is 0 Å². The minimum atomic E-state index is -0.109. The van der Waals surface area contributed by atoms with Crippen LogP contribution in [0.4, 0.5) is 0 Å². The van der Waals surface area contributed by atoms with Crippen LogP contribution < -0.4 is 5.56 Å². The highest BCUT2D eigenvalue weighted by molar-refractivity contribution is 6.12. The Hall–Kier alpha value is -8.28. The van der Waals surface area contributed by atoms with Crippen molar-refractivity contribution in [3.8, 4) is 50.7 Å². The van der Waals surface area contributed by atoms with Gasteiger partial charge in [-0.3, -0.25) is 9.36 Å². The number of hydrogen-bond acceptors (Lipinski definition) is 2. The maximum Gasteiger partial charge on any atom is 0.266 e. The first kappa shape index (κ1) is 34.7. The highest BCUT2D eigenvalue weighted by atomic mass is 16.1. The summed E-state index contributed by atoms with van der Waals surface area (Å²) in [4.78, 5) is 19.8. The van der Waals surface area contributed by atoms with Crippen LogP contribution in [0.5, 0.6) is 0 Å². The second-order valence-corrected chi connectivity index (χ2v) is 15.6. The molecule has 0 bridgehead atoms. The molecule has 12 aromatic rings. The van der Waals surface area contributed by atoms with Crippen LogP contribution in [0.2, 0.25) is 0 Å². The van der Waals surface area contributed by atoms with Crippen LogP contribution in [0.25, 0.3) is 105 Å². The maximum absolute atomic E-state index is 14.5. The molecule has 0 N–H and O–H groups in total. The molecular formula is C56H36N4O. The van der Waals surface area contributed by atoms with Gasteiger partial charge in [0, 0.05) is 38.5 Å². The van der Waals surface area contributed by atoms with Crippen molar-refractivity contribution in [3.05, 3.63) is 229 Å². The molecule has 0 saturated carbocycles. The molecule has 0 aliphatic rings. The predicted molar refractivity (Wildman–Crippen MR) is 252 cm³/mol. The number of fused-ring (bicyclic) bond motifs is 7. The number of hydrogen-bond donors (Lipinski definition) is 0. The van der Waals surface area contributed by atoms with Gasteiger partial charge in [-0.05, 0) is 119 Å². The molecule has 0 fully saturated rings. The van der Waals surface area contributed by atoms with Crippen LogP contribution in [-0.4, -0.2) is 18.7 Å². The number of rotatable bonds is 6. The Bertz CT molecular complexity index is 3710. The molecule has 0 atom stereocenters. The van der Waals surface area contributed by atoms with Crippen molar-refractivity contribution in [2.75, 3.05) is 0 Å². The third-order valence-electron chi connectivity index (χ3n) is 12.0. The molecule has 5 heteroatoms. The summed E-state index contributed by atoms with van der Waals surface area (Å²) in [5.41, 5.74) is 13.1. The van der Waals surface area contributed by atoms with E-state index in [4.69, 9.17) is 4.98 Å². The summed E-state index contributed by atoms with van der Waals surface area (Å²) in [5.74, 6) is 0.583. The zero-order valence-corrected chi connectivity index (χ0v) is 33.0. The van der Waals surface area contributed by atoms with Gasteiger partial charge in [0.05, 0.1) is 38.7 Å². The van der Waals surface area contributed by atoms with Crippen LogP contribution in [0.15, 0.2) is 223 Å². The number of aromatic nitrogens is 4. The molecule has 0 saturated heterocycles. The van der Waals surface area contributed by atoms with Gasteiger partial charge in [0.15, 0.2) is 0 Å². The van der Waals surface area contributed by atoms with Crippen LogP contribution >= 0.6 is 0 Å². The van der Waals surface area contributed by atoms with Crippen molar-refractivity contribution in [1.82, 2.24) is 18.7 Å². The molecule has 0 unspecified atom stereocenters. The van der Waals surface area contributed by atoms with Crippen LogP contribution in [-0.2, 0) is 0 Å². The molecule has 0 aliphatic carbocycles. The second-order valence-electron chi connectivity index (χ2n) is 15.6. The average molecular weight is 781 g/mol. The Morgan fingerprint density at radius 3 is 1.38 bits per heavy atom. The molecular weight excluding hydrogens is 745 g/mol. The summed E-state index contributed by atoms with van der Waals surface area (Å²) in [5, 5.41) is 5.33. The largest absolute Gasteiger partial charge is 0.309 e. The molecule has 12 rings (SSSR count). The number of nitrogens with zero attached hydrogens (tertiary/aromatic N) is 4. The summed E-state index contributed by atoms with van der Waals surface area (Å²) in [7, 11) is 0. The second kappa shape index (κ2) is 13.9. The van der Waals surface area contributed by atoms with Gasteiger partial charge in [-0.1, -0.05) is 121 Å². The van der Waals surface area contributed by atoms with Crippen molar-refractivity contribution in [2.45, 2.75) is 0 Å². The van der Waals surface area contributed by atoms with Gasteiger partial charge in [0.1, 0.15) is 5.82 Å². The Morgan fingerprint density at radius 2 is 0.738 bits per heavy atom. The fourth-order valence-corrected chi connectivity index (χ4v) is 9.25. The van der Waals surface area contributed by atoms with E-state index >= 15 is 0 Å². The first-order valence-electron chi connectivity index (χ1n) is 20.6. The van der Waals surface area contributed by atoms with Crippen molar-refractivity contribution in [3.63, 3.8) is 0 Å². The third-order valence-corrected chi connectivity index (χ3v) is 12.0. The van der Waals surface area contributed by atoms with Crippen molar-refractivity contribution >= 4 is 54.5 Å². The zero-order valence-electron chi connectivity index (χ0n) is 33.0. The average Bonchev–Trinajstić information content (AvgIpc) is 3.84. The van der Waals surface area contributed by atoms with E-state index in [1.54, 1.807) is 4.57 Å². The van der Waals surface area contributed by atoms with Crippen molar-refractivity contribution in [1.29, 1.82) is 0 Å². The van der Waals surface area contributed by atoms with Crippen molar-refractivity contribution in [2.24, 2.45) is 0 Å². The van der Waals surface area contributed by atoms with Crippen LogP contribution in [0.3, 0.4) is 0 Å². The molecule has 5 nitrogen and oxygen atoms in total. The molecule has 9 aromatic carbocycles. The summed E-state index contributed by atoms with van der Waals surface area (Å²) >= 11 is 0. The predicted octanol–water partition coefficient (Wildman–Crippen LogP) is 13.6. The van der Waals surface area contributed by atoms with Crippen LogP contribution in [0, 0.1) is 0 Å². The highest BCUT2D eigenvalue weighted by Gasteiger charge is 2.20. The van der Waals surface area contributed by atoms with Crippen molar-refractivity contribution < 1.29 is 0 Å². The standard InChI is InChI=1S/C56H36N4O/c61-56-48-24-10-13-25-50(48)57-55(60(56)44-20-8-3-9-21-44)41-33-39(37-29-31-53-49(35-37)46-23-12-15-27-52(46)58(53)42-16-4-1-5-17-42)32-40(34-41)38-28-30-47-45-22-11-14-26-51(45)59(54(47)36-38)43-18-6-2-7-19-43/h1-36H. The fraction of sp³-hybridized carbons (Fsp3) is 0.